The maximum Gasteiger partial charge on any atom is 0.123 e. The smallest absolute Gasteiger partial charge is 0.123 e. The minimum absolute atomic E-state index is 0.231. The molecule has 0 saturated heterocycles. The Bertz CT molecular complexity index is 746. The molecule has 0 heterocycles. The fourth-order valence-corrected chi connectivity index (χ4v) is 2.64. The predicted octanol–water partition coefficient (Wildman–Crippen LogP) is 5.95. The van der Waals surface area contributed by atoms with Gasteiger partial charge in [0.05, 0.1) is 0 Å². The lowest BCUT2D eigenvalue weighted by atomic mass is 10.0. The topological polar surface area (TPSA) is 0 Å². The fourth-order valence-electron chi connectivity index (χ4n) is 2.12. The van der Waals surface area contributed by atoms with E-state index in [-0.39, 0.29) is 5.82 Å². The fraction of sp³-hybridized carbons (Fsp3) is 0. The van der Waals surface area contributed by atoms with Crippen molar-refractivity contribution in [1.82, 2.24) is 0 Å². The first kappa shape index (κ1) is 12.5. The van der Waals surface area contributed by atoms with Crippen LogP contribution in [-0.2, 0) is 0 Å². The number of hydrogen-bond acceptors (Lipinski definition) is 0. The molecule has 0 spiro atoms. The molecule has 0 atom stereocenters. The molecule has 0 N–H and O–H groups in total. The average molecular weight is 291 g/mol. The van der Waals surface area contributed by atoms with Gasteiger partial charge in [-0.3, -0.25) is 0 Å². The minimum atomic E-state index is -0.231. The molecule has 0 bridgehead atoms. The van der Waals surface area contributed by atoms with Crippen LogP contribution in [0.2, 0.25) is 10.0 Å². The molecular weight excluding hydrogens is 282 g/mol. The molecule has 0 unspecified atom stereocenters. The van der Waals surface area contributed by atoms with E-state index in [9.17, 15) is 4.39 Å². The van der Waals surface area contributed by atoms with E-state index >= 15 is 0 Å². The summed E-state index contributed by atoms with van der Waals surface area (Å²) >= 11 is 12.0. The van der Waals surface area contributed by atoms with Crippen LogP contribution < -0.4 is 0 Å². The molecule has 0 saturated carbocycles. The summed E-state index contributed by atoms with van der Waals surface area (Å²) < 4.78 is 13.1. The monoisotopic (exact) mass is 290 g/mol. The summed E-state index contributed by atoms with van der Waals surface area (Å²) in [5.74, 6) is -0.231. The van der Waals surface area contributed by atoms with E-state index in [0.717, 1.165) is 21.9 Å². The van der Waals surface area contributed by atoms with Gasteiger partial charge in [0.2, 0.25) is 0 Å². The second kappa shape index (κ2) is 4.84. The molecule has 3 aromatic carbocycles. The summed E-state index contributed by atoms with van der Waals surface area (Å²) in [6, 6.07) is 16.0. The molecular formula is C16H9Cl2F. The molecule has 3 rings (SSSR count). The van der Waals surface area contributed by atoms with Gasteiger partial charge >= 0.3 is 0 Å². The van der Waals surface area contributed by atoms with Gasteiger partial charge in [0.15, 0.2) is 0 Å². The van der Waals surface area contributed by atoms with Crippen LogP contribution in [0.5, 0.6) is 0 Å². The van der Waals surface area contributed by atoms with Crippen LogP contribution >= 0.6 is 23.2 Å². The number of fused-ring (bicyclic) bond motifs is 1. The highest BCUT2D eigenvalue weighted by atomic mass is 35.5. The van der Waals surface area contributed by atoms with Gasteiger partial charge in [-0.05, 0) is 58.3 Å². The highest BCUT2D eigenvalue weighted by Crippen LogP contribution is 2.29. The summed E-state index contributed by atoms with van der Waals surface area (Å²) in [4.78, 5) is 0. The first-order chi connectivity index (χ1) is 9.11. The van der Waals surface area contributed by atoms with Crippen molar-refractivity contribution in [3.8, 4) is 11.1 Å². The molecule has 0 aliphatic heterocycles. The first-order valence-electron chi connectivity index (χ1n) is 5.78. The van der Waals surface area contributed by atoms with Crippen LogP contribution in [-0.4, -0.2) is 0 Å². The zero-order chi connectivity index (χ0) is 13.4. The van der Waals surface area contributed by atoms with Gasteiger partial charge in [0.25, 0.3) is 0 Å². The lowest BCUT2D eigenvalue weighted by molar-refractivity contribution is 0.630. The van der Waals surface area contributed by atoms with Crippen LogP contribution in [0.1, 0.15) is 0 Å². The van der Waals surface area contributed by atoms with Gasteiger partial charge in [0, 0.05) is 10.0 Å². The Labute approximate surface area is 120 Å². The summed E-state index contributed by atoms with van der Waals surface area (Å²) in [5.41, 5.74) is 1.95. The zero-order valence-corrected chi connectivity index (χ0v) is 11.3. The van der Waals surface area contributed by atoms with Crippen molar-refractivity contribution < 1.29 is 4.39 Å². The normalized spacial score (nSPS) is 10.9. The molecule has 3 heteroatoms. The van der Waals surface area contributed by atoms with Crippen molar-refractivity contribution >= 4 is 34.0 Å². The maximum absolute atomic E-state index is 13.1. The lowest BCUT2D eigenvalue weighted by Gasteiger charge is -2.06. The summed E-state index contributed by atoms with van der Waals surface area (Å²) in [5, 5.41) is 3.05. The highest BCUT2D eigenvalue weighted by Gasteiger charge is 2.03. The third-order valence-electron chi connectivity index (χ3n) is 3.00. The summed E-state index contributed by atoms with van der Waals surface area (Å²) in [7, 11) is 0. The van der Waals surface area contributed by atoms with E-state index in [4.69, 9.17) is 23.2 Å². The molecule has 3 aromatic rings. The van der Waals surface area contributed by atoms with Crippen molar-refractivity contribution in [2.24, 2.45) is 0 Å². The summed E-state index contributed by atoms with van der Waals surface area (Å²) in [6.45, 7) is 0. The Hall–Kier alpha value is -1.57. The summed E-state index contributed by atoms with van der Waals surface area (Å²) in [6.07, 6.45) is 0. The Balaban J connectivity index is 2.17. The molecule has 0 amide bonds. The molecule has 19 heavy (non-hydrogen) atoms. The average Bonchev–Trinajstić information content (AvgIpc) is 2.37. The Morgan fingerprint density at radius 2 is 1.26 bits per heavy atom. The van der Waals surface area contributed by atoms with Crippen molar-refractivity contribution in [2.45, 2.75) is 0 Å². The van der Waals surface area contributed by atoms with Crippen LogP contribution in [0.3, 0.4) is 0 Å². The van der Waals surface area contributed by atoms with E-state index < -0.39 is 0 Å². The standard InChI is InChI=1S/C16H9Cl2F/c17-14-6-13(7-15(18)9-14)11-1-2-12-8-16(19)4-3-10(12)5-11/h1-9H. The first-order valence-corrected chi connectivity index (χ1v) is 6.53. The Morgan fingerprint density at radius 1 is 0.632 bits per heavy atom. The van der Waals surface area contributed by atoms with Crippen LogP contribution in [0, 0.1) is 5.82 Å². The predicted molar refractivity (Wildman–Crippen MR) is 79.4 cm³/mol. The van der Waals surface area contributed by atoms with E-state index in [1.165, 1.54) is 12.1 Å². The molecule has 0 aliphatic carbocycles. The van der Waals surface area contributed by atoms with Gasteiger partial charge in [-0.15, -0.1) is 0 Å². The minimum Gasteiger partial charge on any atom is -0.207 e. The third-order valence-corrected chi connectivity index (χ3v) is 3.43. The van der Waals surface area contributed by atoms with Gasteiger partial charge in [0.1, 0.15) is 5.82 Å². The van der Waals surface area contributed by atoms with Crippen molar-refractivity contribution in [2.75, 3.05) is 0 Å². The van der Waals surface area contributed by atoms with E-state index in [2.05, 4.69) is 0 Å². The van der Waals surface area contributed by atoms with Gasteiger partial charge in [-0.2, -0.15) is 0 Å². The maximum atomic E-state index is 13.1. The SMILES string of the molecule is Fc1ccc2cc(-c3cc(Cl)cc(Cl)c3)ccc2c1. The second-order valence-electron chi connectivity index (χ2n) is 4.36. The van der Waals surface area contributed by atoms with E-state index in [0.29, 0.717) is 10.0 Å². The number of rotatable bonds is 1. The second-order valence-corrected chi connectivity index (χ2v) is 5.24. The quantitative estimate of drug-likeness (QED) is 0.519. The Morgan fingerprint density at radius 3 is 2.00 bits per heavy atom. The molecule has 0 radical (unpaired) electrons. The van der Waals surface area contributed by atoms with Gasteiger partial charge in [-0.1, -0.05) is 41.4 Å². The van der Waals surface area contributed by atoms with Gasteiger partial charge in [-0.25, -0.2) is 4.39 Å². The Kier molecular flexibility index (Phi) is 3.17. The molecule has 0 nitrogen and oxygen atoms in total. The third kappa shape index (κ3) is 2.58. The van der Waals surface area contributed by atoms with Crippen LogP contribution in [0.25, 0.3) is 21.9 Å². The van der Waals surface area contributed by atoms with Crippen molar-refractivity contribution in [3.63, 3.8) is 0 Å². The van der Waals surface area contributed by atoms with Gasteiger partial charge < -0.3 is 0 Å². The van der Waals surface area contributed by atoms with E-state index in [1.54, 1.807) is 12.1 Å². The van der Waals surface area contributed by atoms with Crippen LogP contribution in [0.4, 0.5) is 4.39 Å². The number of hydrogen-bond donors (Lipinski definition) is 0. The molecule has 94 valence electrons. The van der Waals surface area contributed by atoms with Crippen molar-refractivity contribution in [3.05, 3.63) is 70.5 Å². The zero-order valence-electron chi connectivity index (χ0n) is 9.83. The lowest BCUT2D eigenvalue weighted by Crippen LogP contribution is -1.81. The molecule has 0 fully saturated rings. The van der Waals surface area contributed by atoms with Crippen LogP contribution in [0.15, 0.2) is 54.6 Å². The molecule has 0 aromatic heterocycles. The van der Waals surface area contributed by atoms with E-state index in [1.807, 2.05) is 30.3 Å². The van der Waals surface area contributed by atoms with Crippen molar-refractivity contribution in [1.29, 1.82) is 0 Å². The highest BCUT2D eigenvalue weighted by molar-refractivity contribution is 6.35. The number of halogens is 3. The number of benzene rings is 3. The largest absolute Gasteiger partial charge is 0.207 e. The molecule has 0 aliphatic rings.